The second-order valence-electron chi connectivity index (χ2n) is 6.46. The van der Waals surface area contributed by atoms with E-state index in [1.165, 1.54) is 22.8 Å². The lowest BCUT2D eigenvalue weighted by molar-refractivity contribution is -0.116. The number of carbonyl (C=O) groups is 1. The number of pyridine rings is 1. The molecule has 6 nitrogen and oxygen atoms in total. The smallest absolute Gasteiger partial charge is 0.245 e. The highest BCUT2D eigenvalue weighted by molar-refractivity contribution is 7.89. The first-order chi connectivity index (χ1) is 12.3. The molecule has 1 aliphatic rings. The molecule has 0 aliphatic heterocycles. The number of nitrogens with one attached hydrogen (secondary N) is 1. The standard InChI is InChI=1S/C18H20ClN3O3S/c1-12-8-13(2)18(16(19)9-12)21-17(23)11-22(14-5-6-14)26(24,25)15-4-3-7-20-10-15/h3-4,7-10,14H,5-6,11H2,1-2H3,(H,21,23). The van der Waals surface area contributed by atoms with E-state index in [9.17, 15) is 13.2 Å². The van der Waals surface area contributed by atoms with E-state index in [1.807, 2.05) is 19.9 Å². The first-order valence-corrected chi connectivity index (χ1v) is 10.1. The third-order valence-electron chi connectivity index (χ3n) is 4.19. The van der Waals surface area contributed by atoms with E-state index in [-0.39, 0.29) is 17.5 Å². The highest BCUT2D eigenvalue weighted by Crippen LogP contribution is 2.32. The molecule has 138 valence electrons. The molecular weight excluding hydrogens is 374 g/mol. The third-order valence-corrected chi connectivity index (χ3v) is 6.37. The average molecular weight is 394 g/mol. The number of hydrogen-bond donors (Lipinski definition) is 1. The van der Waals surface area contributed by atoms with Gasteiger partial charge in [0.25, 0.3) is 0 Å². The van der Waals surface area contributed by atoms with Gasteiger partial charge in [0.1, 0.15) is 4.90 Å². The minimum Gasteiger partial charge on any atom is -0.323 e. The van der Waals surface area contributed by atoms with Crippen LogP contribution in [0.2, 0.25) is 5.02 Å². The monoisotopic (exact) mass is 393 g/mol. The molecule has 0 spiro atoms. The lowest BCUT2D eigenvalue weighted by Crippen LogP contribution is -2.39. The molecule has 1 heterocycles. The largest absolute Gasteiger partial charge is 0.323 e. The van der Waals surface area contributed by atoms with Crippen LogP contribution in [0.3, 0.4) is 0 Å². The minimum atomic E-state index is -3.78. The fourth-order valence-electron chi connectivity index (χ4n) is 2.80. The van der Waals surface area contributed by atoms with Gasteiger partial charge in [-0.05, 0) is 56.0 Å². The van der Waals surface area contributed by atoms with Gasteiger partial charge in [0, 0.05) is 18.4 Å². The number of anilines is 1. The molecular formula is C18H20ClN3O3S. The molecule has 0 radical (unpaired) electrons. The van der Waals surface area contributed by atoms with Crippen LogP contribution in [0, 0.1) is 13.8 Å². The summed E-state index contributed by atoms with van der Waals surface area (Å²) < 4.78 is 27.0. The molecule has 0 bridgehead atoms. The maximum absolute atomic E-state index is 12.9. The number of benzene rings is 1. The first kappa shape index (κ1) is 18.8. The van der Waals surface area contributed by atoms with Crippen molar-refractivity contribution in [2.75, 3.05) is 11.9 Å². The molecule has 3 rings (SSSR count). The van der Waals surface area contributed by atoms with Crippen molar-refractivity contribution in [2.45, 2.75) is 37.6 Å². The highest BCUT2D eigenvalue weighted by atomic mass is 35.5. The molecule has 1 aromatic carbocycles. The summed E-state index contributed by atoms with van der Waals surface area (Å²) in [5, 5.41) is 3.18. The Morgan fingerprint density at radius 2 is 2.08 bits per heavy atom. The third kappa shape index (κ3) is 4.06. The van der Waals surface area contributed by atoms with Crippen LogP contribution in [-0.2, 0) is 14.8 Å². The molecule has 1 fully saturated rings. The molecule has 1 aromatic heterocycles. The molecule has 0 saturated heterocycles. The molecule has 1 aliphatic carbocycles. The van der Waals surface area contributed by atoms with Gasteiger partial charge in [-0.3, -0.25) is 9.78 Å². The lowest BCUT2D eigenvalue weighted by atomic mass is 10.1. The van der Waals surface area contributed by atoms with E-state index < -0.39 is 15.9 Å². The Morgan fingerprint density at radius 1 is 1.35 bits per heavy atom. The average Bonchev–Trinajstić information content (AvgIpc) is 3.41. The lowest BCUT2D eigenvalue weighted by Gasteiger charge is -2.21. The zero-order valence-corrected chi connectivity index (χ0v) is 16.1. The van der Waals surface area contributed by atoms with E-state index in [4.69, 9.17) is 11.6 Å². The number of hydrogen-bond acceptors (Lipinski definition) is 4. The molecule has 1 saturated carbocycles. The van der Waals surface area contributed by atoms with Crippen molar-refractivity contribution in [3.05, 3.63) is 52.8 Å². The second kappa shape index (κ2) is 7.34. The molecule has 1 amide bonds. The van der Waals surface area contributed by atoms with Gasteiger partial charge in [-0.2, -0.15) is 4.31 Å². The zero-order chi connectivity index (χ0) is 18.9. The van der Waals surface area contributed by atoms with E-state index in [0.29, 0.717) is 10.7 Å². The Kier molecular flexibility index (Phi) is 5.32. The summed E-state index contributed by atoms with van der Waals surface area (Å²) in [4.78, 5) is 16.5. The van der Waals surface area contributed by atoms with E-state index in [1.54, 1.807) is 12.1 Å². The van der Waals surface area contributed by atoms with Gasteiger partial charge >= 0.3 is 0 Å². The van der Waals surface area contributed by atoms with Gasteiger partial charge in [0.2, 0.25) is 15.9 Å². The fraction of sp³-hybridized carbons (Fsp3) is 0.333. The Labute approximate surface area is 158 Å². The van der Waals surface area contributed by atoms with E-state index in [0.717, 1.165) is 24.0 Å². The number of aryl methyl sites for hydroxylation is 2. The maximum atomic E-state index is 12.9. The summed E-state index contributed by atoms with van der Waals surface area (Å²) in [5.41, 5.74) is 2.33. The summed E-state index contributed by atoms with van der Waals surface area (Å²) in [6.45, 7) is 3.50. The minimum absolute atomic E-state index is 0.0873. The highest BCUT2D eigenvalue weighted by Gasteiger charge is 2.39. The zero-order valence-electron chi connectivity index (χ0n) is 14.6. The number of carbonyl (C=O) groups excluding carboxylic acids is 1. The van der Waals surface area contributed by atoms with Crippen LogP contribution in [0.25, 0.3) is 0 Å². The normalized spacial score (nSPS) is 14.5. The van der Waals surface area contributed by atoms with Crippen molar-refractivity contribution in [3.8, 4) is 0 Å². The van der Waals surface area contributed by atoms with Crippen LogP contribution in [0.15, 0.2) is 41.6 Å². The predicted octanol–water partition coefficient (Wildman–Crippen LogP) is 3.14. The molecule has 2 aromatic rings. The number of amides is 1. The van der Waals surface area contributed by atoms with Crippen LogP contribution in [0.4, 0.5) is 5.69 Å². The van der Waals surface area contributed by atoms with Crippen LogP contribution >= 0.6 is 11.6 Å². The van der Waals surface area contributed by atoms with Gasteiger partial charge < -0.3 is 5.32 Å². The summed E-state index contributed by atoms with van der Waals surface area (Å²) in [7, 11) is -3.78. The van der Waals surface area contributed by atoms with Crippen molar-refractivity contribution < 1.29 is 13.2 Å². The summed E-state index contributed by atoms with van der Waals surface area (Å²) in [6, 6.07) is 6.56. The Bertz CT molecular complexity index is 905. The fourth-order valence-corrected chi connectivity index (χ4v) is 4.78. The van der Waals surface area contributed by atoms with Crippen molar-refractivity contribution in [1.82, 2.24) is 9.29 Å². The number of halogens is 1. The predicted molar refractivity (Wildman–Crippen MR) is 101 cm³/mol. The SMILES string of the molecule is Cc1cc(C)c(NC(=O)CN(C2CC2)S(=O)(=O)c2cccnc2)c(Cl)c1. The Hall–Kier alpha value is -1.96. The van der Waals surface area contributed by atoms with Gasteiger partial charge in [0.15, 0.2) is 0 Å². The van der Waals surface area contributed by atoms with Crippen LogP contribution in [-0.4, -0.2) is 36.2 Å². The molecule has 26 heavy (non-hydrogen) atoms. The van der Waals surface area contributed by atoms with Gasteiger partial charge in [-0.1, -0.05) is 17.7 Å². The number of nitrogens with zero attached hydrogens (tertiary/aromatic N) is 2. The Balaban J connectivity index is 1.80. The quantitative estimate of drug-likeness (QED) is 0.817. The second-order valence-corrected chi connectivity index (χ2v) is 8.75. The topological polar surface area (TPSA) is 79.4 Å². The molecule has 0 unspecified atom stereocenters. The summed E-state index contributed by atoms with van der Waals surface area (Å²) in [6.07, 6.45) is 4.30. The van der Waals surface area contributed by atoms with Crippen molar-refractivity contribution >= 4 is 33.2 Å². The van der Waals surface area contributed by atoms with E-state index in [2.05, 4.69) is 10.3 Å². The summed E-state index contributed by atoms with van der Waals surface area (Å²) >= 11 is 6.22. The maximum Gasteiger partial charge on any atom is 0.245 e. The molecule has 8 heteroatoms. The van der Waals surface area contributed by atoms with Crippen LogP contribution < -0.4 is 5.32 Å². The van der Waals surface area contributed by atoms with Crippen molar-refractivity contribution in [2.24, 2.45) is 0 Å². The molecule has 0 atom stereocenters. The Morgan fingerprint density at radius 3 is 2.65 bits per heavy atom. The number of aromatic nitrogens is 1. The van der Waals surface area contributed by atoms with Gasteiger partial charge in [0.05, 0.1) is 17.3 Å². The van der Waals surface area contributed by atoms with Gasteiger partial charge in [-0.15, -0.1) is 0 Å². The van der Waals surface area contributed by atoms with Crippen LogP contribution in [0.5, 0.6) is 0 Å². The number of sulfonamides is 1. The summed E-state index contributed by atoms with van der Waals surface area (Å²) in [5.74, 6) is -0.418. The molecule has 1 N–H and O–H groups in total. The van der Waals surface area contributed by atoms with Crippen molar-refractivity contribution in [3.63, 3.8) is 0 Å². The van der Waals surface area contributed by atoms with Crippen molar-refractivity contribution in [1.29, 1.82) is 0 Å². The van der Waals surface area contributed by atoms with Gasteiger partial charge in [-0.25, -0.2) is 8.42 Å². The number of rotatable bonds is 6. The van der Waals surface area contributed by atoms with Crippen LogP contribution in [0.1, 0.15) is 24.0 Å². The van der Waals surface area contributed by atoms with E-state index >= 15 is 0 Å². The first-order valence-electron chi connectivity index (χ1n) is 8.27.